The van der Waals surface area contributed by atoms with E-state index in [4.69, 9.17) is 4.74 Å². The van der Waals surface area contributed by atoms with Crippen LogP contribution in [-0.2, 0) is 14.3 Å². The average Bonchev–Trinajstić information content (AvgIpc) is 3.34. The van der Waals surface area contributed by atoms with Gasteiger partial charge in [0.2, 0.25) is 5.91 Å². The van der Waals surface area contributed by atoms with Gasteiger partial charge in [-0.1, -0.05) is 269 Å². The van der Waals surface area contributed by atoms with Crippen molar-refractivity contribution in [2.24, 2.45) is 0 Å². The molecule has 2 atom stereocenters. The Bertz CT molecular complexity index is 1060. The Morgan fingerprint density at radius 2 is 0.691 bits per heavy atom. The number of ether oxygens (including phenoxy) is 1. The van der Waals surface area contributed by atoms with Gasteiger partial charge in [0.15, 0.2) is 0 Å². The molecule has 0 saturated heterocycles. The summed E-state index contributed by atoms with van der Waals surface area (Å²) in [5.41, 5.74) is 0. The maximum Gasteiger partial charge on any atom is 0.305 e. The van der Waals surface area contributed by atoms with Gasteiger partial charge in [0.25, 0.3) is 0 Å². The van der Waals surface area contributed by atoms with E-state index in [9.17, 15) is 19.8 Å². The number of nitrogens with one attached hydrogen (secondary N) is 1. The first-order chi connectivity index (χ1) is 33.5. The normalized spacial score (nSPS) is 12.7. The lowest BCUT2D eigenvalue weighted by Crippen LogP contribution is -2.45. The fraction of sp³-hybridized carbons (Fsp3) is 0.903. The summed E-state index contributed by atoms with van der Waals surface area (Å²) < 4.78 is 5.49. The topological polar surface area (TPSA) is 95.9 Å². The van der Waals surface area contributed by atoms with Crippen molar-refractivity contribution in [3.63, 3.8) is 0 Å². The van der Waals surface area contributed by atoms with E-state index in [-0.39, 0.29) is 18.5 Å². The Morgan fingerprint density at radius 1 is 0.397 bits per heavy atom. The fourth-order valence-corrected chi connectivity index (χ4v) is 9.51. The standard InChI is InChI=1S/C62H119NO5/c1-3-5-7-9-11-13-14-15-16-30-33-36-40-44-48-52-56-62(67)68-57-53-49-45-41-37-34-31-28-26-24-22-20-18-17-19-21-23-25-27-29-32-35-39-43-47-51-55-61(66)63-59(58-64)60(65)54-50-46-42-38-12-10-8-6-4-2/h16-17,19,30,59-60,64-65H,3-15,18,20-29,31-58H2,1-2H3,(H,63,66)/b19-17-,30-16-. The second-order valence-electron chi connectivity index (χ2n) is 21.0. The molecule has 3 N–H and O–H groups in total. The summed E-state index contributed by atoms with van der Waals surface area (Å²) in [6.07, 6.45) is 70.6. The molecule has 0 spiro atoms. The number of hydrogen-bond donors (Lipinski definition) is 3. The number of allylic oxidation sites excluding steroid dienone is 4. The third-order valence-electron chi connectivity index (χ3n) is 14.2. The first-order valence-corrected chi connectivity index (χ1v) is 30.6. The van der Waals surface area contributed by atoms with Crippen LogP contribution in [0.4, 0.5) is 0 Å². The molecule has 1 amide bonds. The third kappa shape index (κ3) is 53.7. The molecule has 0 fully saturated rings. The highest BCUT2D eigenvalue weighted by atomic mass is 16.5. The Morgan fingerprint density at radius 3 is 1.04 bits per heavy atom. The minimum Gasteiger partial charge on any atom is -0.466 e. The van der Waals surface area contributed by atoms with Crippen molar-refractivity contribution >= 4 is 11.9 Å². The van der Waals surface area contributed by atoms with Crippen LogP contribution in [0.15, 0.2) is 24.3 Å². The SMILES string of the molecule is CCCCCCCCC/C=C\CCCCCCCC(=O)OCCCCCCCCCCCCCC/C=C\CCCCCCCCCCCCC(=O)NC(CO)C(O)CCCCCCCCCCC. The Labute approximate surface area is 424 Å². The number of amides is 1. The summed E-state index contributed by atoms with van der Waals surface area (Å²) in [5.74, 6) is -0.0315. The molecule has 0 aromatic heterocycles. The number of unbranched alkanes of at least 4 members (excludes halogenated alkanes) is 42. The van der Waals surface area contributed by atoms with Gasteiger partial charge in [0, 0.05) is 12.8 Å². The van der Waals surface area contributed by atoms with Crippen LogP contribution in [0.3, 0.4) is 0 Å². The van der Waals surface area contributed by atoms with E-state index >= 15 is 0 Å². The van der Waals surface area contributed by atoms with Crippen LogP contribution in [0.1, 0.15) is 335 Å². The number of carbonyl (C=O) groups excluding carboxylic acids is 2. The lowest BCUT2D eigenvalue weighted by atomic mass is 10.0. The summed E-state index contributed by atoms with van der Waals surface area (Å²) >= 11 is 0. The van der Waals surface area contributed by atoms with Gasteiger partial charge in [-0.05, 0) is 77.0 Å². The van der Waals surface area contributed by atoms with Crippen LogP contribution in [0, 0.1) is 0 Å². The van der Waals surface area contributed by atoms with E-state index in [1.54, 1.807) is 0 Å². The minimum atomic E-state index is -0.663. The fourth-order valence-electron chi connectivity index (χ4n) is 9.51. The van der Waals surface area contributed by atoms with E-state index in [1.165, 1.54) is 257 Å². The highest BCUT2D eigenvalue weighted by molar-refractivity contribution is 5.76. The number of rotatable bonds is 57. The molecule has 68 heavy (non-hydrogen) atoms. The van der Waals surface area contributed by atoms with Crippen molar-refractivity contribution in [1.82, 2.24) is 5.32 Å². The van der Waals surface area contributed by atoms with Gasteiger partial charge in [0.05, 0.1) is 25.4 Å². The highest BCUT2D eigenvalue weighted by Gasteiger charge is 2.20. The van der Waals surface area contributed by atoms with Gasteiger partial charge in [-0.25, -0.2) is 0 Å². The molecule has 0 bridgehead atoms. The molecule has 0 saturated carbocycles. The Balaban J connectivity index is 3.35. The van der Waals surface area contributed by atoms with E-state index in [0.717, 1.165) is 44.9 Å². The second kappa shape index (κ2) is 57.9. The van der Waals surface area contributed by atoms with Gasteiger partial charge in [-0.15, -0.1) is 0 Å². The van der Waals surface area contributed by atoms with Crippen LogP contribution in [0.25, 0.3) is 0 Å². The zero-order valence-corrected chi connectivity index (χ0v) is 45.9. The molecule has 0 aliphatic heterocycles. The molecule has 0 radical (unpaired) electrons. The summed E-state index contributed by atoms with van der Waals surface area (Å²) in [5, 5.41) is 23.1. The minimum absolute atomic E-state index is 0.00703. The Kier molecular flexibility index (Phi) is 56.5. The van der Waals surface area contributed by atoms with Gasteiger partial charge in [-0.3, -0.25) is 9.59 Å². The molecule has 0 aliphatic rings. The van der Waals surface area contributed by atoms with Crippen LogP contribution in [0.2, 0.25) is 0 Å². The lowest BCUT2D eigenvalue weighted by Gasteiger charge is -2.22. The molecule has 6 heteroatoms. The van der Waals surface area contributed by atoms with E-state index < -0.39 is 12.1 Å². The lowest BCUT2D eigenvalue weighted by molar-refractivity contribution is -0.143. The van der Waals surface area contributed by atoms with Crippen molar-refractivity contribution in [2.45, 2.75) is 347 Å². The number of aliphatic hydroxyl groups is 2. The quantitative estimate of drug-likeness (QED) is 0.0321. The summed E-state index contributed by atoms with van der Waals surface area (Å²) in [7, 11) is 0. The van der Waals surface area contributed by atoms with Crippen LogP contribution >= 0.6 is 0 Å². The molecular formula is C62H119NO5. The van der Waals surface area contributed by atoms with Crippen molar-refractivity contribution in [3.8, 4) is 0 Å². The zero-order valence-electron chi connectivity index (χ0n) is 45.9. The predicted octanol–water partition coefficient (Wildman–Crippen LogP) is 19.0. The first-order valence-electron chi connectivity index (χ1n) is 30.6. The number of aliphatic hydroxyl groups excluding tert-OH is 2. The molecule has 0 rings (SSSR count). The zero-order chi connectivity index (χ0) is 49.3. The molecule has 0 aromatic rings. The van der Waals surface area contributed by atoms with Crippen molar-refractivity contribution in [1.29, 1.82) is 0 Å². The largest absolute Gasteiger partial charge is 0.466 e. The smallest absolute Gasteiger partial charge is 0.305 e. The summed E-state index contributed by atoms with van der Waals surface area (Å²) in [6.45, 7) is 4.94. The number of carbonyl (C=O) groups is 2. The van der Waals surface area contributed by atoms with Crippen LogP contribution in [-0.4, -0.2) is 47.4 Å². The van der Waals surface area contributed by atoms with Crippen molar-refractivity contribution in [2.75, 3.05) is 13.2 Å². The van der Waals surface area contributed by atoms with Gasteiger partial charge < -0.3 is 20.3 Å². The Hall–Kier alpha value is -1.66. The third-order valence-corrected chi connectivity index (χ3v) is 14.2. The molecule has 0 aromatic carbocycles. The molecule has 402 valence electrons. The average molecular weight is 959 g/mol. The van der Waals surface area contributed by atoms with E-state index in [1.807, 2.05) is 0 Å². The molecule has 2 unspecified atom stereocenters. The molecular weight excluding hydrogens is 839 g/mol. The monoisotopic (exact) mass is 958 g/mol. The van der Waals surface area contributed by atoms with Crippen LogP contribution < -0.4 is 5.32 Å². The van der Waals surface area contributed by atoms with E-state index in [0.29, 0.717) is 25.9 Å². The summed E-state index contributed by atoms with van der Waals surface area (Å²) in [6, 6.07) is -0.540. The number of hydrogen-bond acceptors (Lipinski definition) is 5. The molecule has 0 heterocycles. The predicted molar refractivity (Wildman–Crippen MR) is 296 cm³/mol. The second-order valence-corrected chi connectivity index (χ2v) is 21.0. The van der Waals surface area contributed by atoms with Gasteiger partial charge in [-0.2, -0.15) is 0 Å². The van der Waals surface area contributed by atoms with Gasteiger partial charge in [0.1, 0.15) is 0 Å². The molecule has 6 nitrogen and oxygen atoms in total. The van der Waals surface area contributed by atoms with Crippen LogP contribution in [0.5, 0.6) is 0 Å². The maximum absolute atomic E-state index is 12.4. The van der Waals surface area contributed by atoms with Crippen molar-refractivity contribution < 1.29 is 24.5 Å². The number of esters is 1. The van der Waals surface area contributed by atoms with Gasteiger partial charge >= 0.3 is 5.97 Å². The van der Waals surface area contributed by atoms with Crippen molar-refractivity contribution in [3.05, 3.63) is 24.3 Å². The van der Waals surface area contributed by atoms with E-state index in [2.05, 4.69) is 43.5 Å². The molecule has 0 aliphatic carbocycles. The first kappa shape index (κ1) is 66.3. The summed E-state index contributed by atoms with van der Waals surface area (Å²) in [4.78, 5) is 24.5. The maximum atomic E-state index is 12.4. The highest BCUT2D eigenvalue weighted by Crippen LogP contribution is 2.17.